The van der Waals surface area contributed by atoms with E-state index in [0.29, 0.717) is 23.9 Å². The maximum atomic E-state index is 12.3. The van der Waals surface area contributed by atoms with Gasteiger partial charge in [0.15, 0.2) is 0 Å². The molecule has 0 spiro atoms. The summed E-state index contributed by atoms with van der Waals surface area (Å²) in [6, 6.07) is 6.81. The van der Waals surface area contributed by atoms with Gasteiger partial charge in [0.1, 0.15) is 0 Å². The van der Waals surface area contributed by atoms with Crippen molar-refractivity contribution in [1.29, 1.82) is 0 Å². The van der Waals surface area contributed by atoms with E-state index in [2.05, 4.69) is 6.92 Å². The fourth-order valence-electron chi connectivity index (χ4n) is 1.68. The molecule has 1 unspecified atom stereocenters. The third-order valence-electron chi connectivity index (χ3n) is 3.11. The van der Waals surface area contributed by atoms with E-state index in [1.165, 1.54) is 4.31 Å². The predicted molar refractivity (Wildman–Crippen MR) is 73.6 cm³/mol. The van der Waals surface area contributed by atoms with Crippen LogP contribution in [0, 0.1) is 5.92 Å². The Kier molecular flexibility index (Phi) is 5.31. The van der Waals surface area contributed by atoms with Crippen LogP contribution >= 0.6 is 0 Å². The zero-order valence-corrected chi connectivity index (χ0v) is 12.1. The fourth-order valence-corrected chi connectivity index (χ4v) is 3.04. The summed E-state index contributed by atoms with van der Waals surface area (Å²) in [5, 5.41) is 0. The summed E-state index contributed by atoms with van der Waals surface area (Å²) in [5.41, 5.74) is 6.36. The first kappa shape index (κ1) is 15.1. The van der Waals surface area contributed by atoms with E-state index in [9.17, 15) is 8.42 Å². The number of hydrogen-bond acceptors (Lipinski definition) is 3. The van der Waals surface area contributed by atoms with E-state index in [1.807, 2.05) is 13.0 Å². The topological polar surface area (TPSA) is 63.4 Å². The van der Waals surface area contributed by atoms with Crippen molar-refractivity contribution in [2.45, 2.75) is 31.7 Å². The molecule has 0 amide bonds. The average Bonchev–Trinajstić information content (AvgIpc) is 2.38. The smallest absolute Gasteiger partial charge is 0.242 e. The Morgan fingerprint density at radius 2 is 2.06 bits per heavy atom. The van der Waals surface area contributed by atoms with Crippen molar-refractivity contribution in [2.24, 2.45) is 11.7 Å². The summed E-state index contributed by atoms with van der Waals surface area (Å²) in [7, 11) is -1.78. The lowest BCUT2D eigenvalue weighted by Crippen LogP contribution is -2.31. The van der Waals surface area contributed by atoms with Crippen molar-refractivity contribution in [3.63, 3.8) is 0 Å². The molecule has 0 bridgehead atoms. The second-order valence-corrected chi connectivity index (χ2v) is 6.70. The molecule has 4 nitrogen and oxygen atoms in total. The van der Waals surface area contributed by atoms with E-state index >= 15 is 0 Å². The Bertz CT molecular complexity index is 486. The minimum Gasteiger partial charge on any atom is -0.326 e. The van der Waals surface area contributed by atoms with Gasteiger partial charge in [-0.25, -0.2) is 12.7 Å². The molecular weight excluding hydrogens is 248 g/mol. The minimum atomic E-state index is -3.40. The molecule has 0 aromatic heterocycles. The molecule has 0 aliphatic heterocycles. The van der Waals surface area contributed by atoms with Crippen LogP contribution in [0.15, 0.2) is 29.2 Å². The van der Waals surface area contributed by atoms with Gasteiger partial charge in [-0.1, -0.05) is 32.4 Å². The van der Waals surface area contributed by atoms with E-state index < -0.39 is 10.0 Å². The SMILES string of the molecule is CCC(C)CN(C)S(=O)(=O)c1cccc(CN)c1. The molecule has 5 heteroatoms. The van der Waals surface area contributed by atoms with Gasteiger partial charge in [0.25, 0.3) is 0 Å². The first-order chi connectivity index (χ1) is 8.41. The van der Waals surface area contributed by atoms with E-state index in [4.69, 9.17) is 5.73 Å². The third kappa shape index (κ3) is 3.54. The molecule has 0 saturated carbocycles. The van der Waals surface area contributed by atoms with Crippen molar-refractivity contribution in [3.8, 4) is 0 Å². The fraction of sp³-hybridized carbons (Fsp3) is 0.538. The molecule has 18 heavy (non-hydrogen) atoms. The maximum Gasteiger partial charge on any atom is 0.242 e. The first-order valence-corrected chi connectivity index (χ1v) is 7.61. The highest BCUT2D eigenvalue weighted by Crippen LogP contribution is 2.17. The second kappa shape index (κ2) is 6.31. The number of nitrogens with zero attached hydrogens (tertiary/aromatic N) is 1. The highest BCUT2D eigenvalue weighted by molar-refractivity contribution is 7.89. The Morgan fingerprint density at radius 1 is 1.39 bits per heavy atom. The van der Waals surface area contributed by atoms with Gasteiger partial charge in [-0.05, 0) is 23.6 Å². The zero-order valence-electron chi connectivity index (χ0n) is 11.3. The minimum absolute atomic E-state index is 0.316. The van der Waals surface area contributed by atoms with Gasteiger partial charge < -0.3 is 5.73 Å². The number of benzene rings is 1. The summed E-state index contributed by atoms with van der Waals surface area (Å²) in [6.45, 7) is 4.98. The Labute approximate surface area is 110 Å². The van der Waals surface area contributed by atoms with Crippen LogP contribution in [0.3, 0.4) is 0 Å². The quantitative estimate of drug-likeness (QED) is 0.857. The van der Waals surface area contributed by atoms with Crippen LogP contribution < -0.4 is 5.73 Å². The third-order valence-corrected chi connectivity index (χ3v) is 4.93. The van der Waals surface area contributed by atoms with Crippen LogP contribution in [0.4, 0.5) is 0 Å². The van der Waals surface area contributed by atoms with Crippen LogP contribution in [0.25, 0.3) is 0 Å². The zero-order chi connectivity index (χ0) is 13.8. The molecule has 0 fully saturated rings. The van der Waals surface area contributed by atoms with Crippen molar-refractivity contribution < 1.29 is 8.42 Å². The van der Waals surface area contributed by atoms with E-state index in [-0.39, 0.29) is 0 Å². The van der Waals surface area contributed by atoms with Crippen LogP contribution in [-0.2, 0) is 16.6 Å². The summed E-state index contributed by atoms with van der Waals surface area (Å²) in [5.74, 6) is 0.350. The number of sulfonamides is 1. The summed E-state index contributed by atoms with van der Waals surface area (Å²) < 4.78 is 26.1. The standard InChI is InChI=1S/C13H22N2O2S/c1-4-11(2)10-15(3)18(16,17)13-7-5-6-12(8-13)9-14/h5-8,11H,4,9-10,14H2,1-3H3. The molecular formula is C13H22N2O2S. The molecule has 0 aliphatic carbocycles. The van der Waals surface area contributed by atoms with Crippen LogP contribution in [0.1, 0.15) is 25.8 Å². The monoisotopic (exact) mass is 270 g/mol. The first-order valence-electron chi connectivity index (χ1n) is 6.17. The highest BCUT2D eigenvalue weighted by atomic mass is 32.2. The predicted octanol–water partition coefficient (Wildman–Crippen LogP) is 1.81. The van der Waals surface area contributed by atoms with E-state index in [1.54, 1.807) is 25.2 Å². The lowest BCUT2D eigenvalue weighted by atomic mass is 10.1. The Morgan fingerprint density at radius 3 is 2.61 bits per heavy atom. The van der Waals surface area contributed by atoms with E-state index in [0.717, 1.165) is 12.0 Å². The average molecular weight is 270 g/mol. The van der Waals surface area contributed by atoms with Crippen LogP contribution in [0.5, 0.6) is 0 Å². The summed E-state index contributed by atoms with van der Waals surface area (Å²) >= 11 is 0. The van der Waals surface area contributed by atoms with Gasteiger partial charge in [-0.2, -0.15) is 0 Å². The summed E-state index contributed by atoms with van der Waals surface area (Å²) in [6.07, 6.45) is 0.961. The molecule has 1 atom stereocenters. The van der Waals surface area contributed by atoms with Crippen molar-refractivity contribution in [3.05, 3.63) is 29.8 Å². The Hall–Kier alpha value is -0.910. The molecule has 0 saturated heterocycles. The van der Waals surface area contributed by atoms with Gasteiger partial charge in [-0.3, -0.25) is 0 Å². The Balaban J connectivity index is 2.97. The normalized spacial score (nSPS) is 13.8. The molecule has 0 heterocycles. The molecule has 1 rings (SSSR count). The lowest BCUT2D eigenvalue weighted by Gasteiger charge is -2.20. The maximum absolute atomic E-state index is 12.3. The van der Waals surface area contributed by atoms with Gasteiger partial charge in [0.05, 0.1) is 4.90 Å². The molecule has 0 radical (unpaired) electrons. The van der Waals surface area contributed by atoms with Gasteiger partial charge >= 0.3 is 0 Å². The second-order valence-electron chi connectivity index (χ2n) is 4.65. The summed E-state index contributed by atoms with van der Waals surface area (Å²) in [4.78, 5) is 0.316. The number of nitrogens with two attached hydrogens (primary N) is 1. The largest absolute Gasteiger partial charge is 0.326 e. The van der Waals surface area contributed by atoms with Gasteiger partial charge in [0, 0.05) is 20.1 Å². The van der Waals surface area contributed by atoms with Crippen LogP contribution in [0.2, 0.25) is 0 Å². The number of hydrogen-bond donors (Lipinski definition) is 1. The van der Waals surface area contributed by atoms with Crippen molar-refractivity contribution >= 4 is 10.0 Å². The molecule has 1 aromatic rings. The lowest BCUT2D eigenvalue weighted by molar-refractivity contribution is 0.393. The van der Waals surface area contributed by atoms with Crippen LogP contribution in [-0.4, -0.2) is 26.3 Å². The highest BCUT2D eigenvalue weighted by Gasteiger charge is 2.21. The molecule has 102 valence electrons. The van der Waals surface area contributed by atoms with Gasteiger partial charge in [0.2, 0.25) is 10.0 Å². The van der Waals surface area contributed by atoms with Crippen molar-refractivity contribution in [1.82, 2.24) is 4.31 Å². The number of rotatable bonds is 6. The van der Waals surface area contributed by atoms with Crippen molar-refractivity contribution in [2.75, 3.05) is 13.6 Å². The molecule has 2 N–H and O–H groups in total. The van der Waals surface area contributed by atoms with Gasteiger partial charge in [-0.15, -0.1) is 0 Å². The molecule has 0 aliphatic rings. The molecule has 1 aromatic carbocycles.